The number of nitro groups is 1. The Morgan fingerprint density at radius 1 is 0.837 bits per heavy atom. The van der Waals surface area contributed by atoms with Crippen molar-refractivity contribution in [2.24, 2.45) is 0 Å². The van der Waals surface area contributed by atoms with Crippen molar-refractivity contribution in [2.45, 2.75) is 12.8 Å². The van der Waals surface area contributed by atoms with Gasteiger partial charge in [0.2, 0.25) is 5.91 Å². The van der Waals surface area contributed by atoms with Crippen LogP contribution in [-0.2, 0) is 17.6 Å². The van der Waals surface area contributed by atoms with Gasteiger partial charge in [-0.15, -0.1) is 0 Å². The zero-order chi connectivity index (χ0) is 30.5. The van der Waals surface area contributed by atoms with Gasteiger partial charge in [0.1, 0.15) is 0 Å². The van der Waals surface area contributed by atoms with Crippen molar-refractivity contribution >= 4 is 34.6 Å². The Morgan fingerprint density at radius 2 is 1.60 bits per heavy atom. The lowest BCUT2D eigenvalue weighted by Crippen LogP contribution is -2.27. The van der Waals surface area contributed by atoms with Crippen molar-refractivity contribution in [3.8, 4) is 28.4 Å². The van der Waals surface area contributed by atoms with E-state index in [0.29, 0.717) is 52.7 Å². The highest BCUT2D eigenvalue weighted by molar-refractivity contribution is 6.12. The van der Waals surface area contributed by atoms with E-state index in [1.54, 1.807) is 56.7 Å². The van der Waals surface area contributed by atoms with Crippen molar-refractivity contribution in [1.82, 2.24) is 5.32 Å². The molecule has 0 aromatic heterocycles. The Bertz CT molecular complexity index is 1720. The summed E-state index contributed by atoms with van der Waals surface area (Å²) >= 11 is 0. The van der Waals surface area contributed by atoms with Crippen molar-refractivity contribution in [1.29, 1.82) is 0 Å². The number of ether oxygens (including phenoxy) is 3. The molecule has 43 heavy (non-hydrogen) atoms. The molecule has 0 unspecified atom stereocenters. The number of nitrogens with zero attached hydrogens (tertiary/aromatic N) is 1. The molecule has 220 valence electrons. The third kappa shape index (κ3) is 6.20. The molecule has 11 nitrogen and oxygen atoms in total. The van der Waals surface area contributed by atoms with Gasteiger partial charge in [0.05, 0.1) is 55.3 Å². The van der Waals surface area contributed by atoms with E-state index in [1.807, 2.05) is 24.3 Å². The molecule has 0 aliphatic carbocycles. The zero-order valence-corrected chi connectivity index (χ0v) is 23.9. The molecule has 4 aromatic carbocycles. The largest absolute Gasteiger partial charge is 0.493 e. The number of nitro benzene ring substituents is 1. The van der Waals surface area contributed by atoms with Crippen LogP contribution in [0, 0.1) is 10.1 Å². The first-order chi connectivity index (χ1) is 20.8. The summed E-state index contributed by atoms with van der Waals surface area (Å²) in [6, 6.07) is 20.9. The molecule has 1 aliphatic heterocycles. The Balaban J connectivity index is 1.31. The van der Waals surface area contributed by atoms with Gasteiger partial charge >= 0.3 is 5.69 Å². The molecule has 4 aromatic rings. The number of methoxy groups -OCH3 is 3. The van der Waals surface area contributed by atoms with E-state index in [1.165, 1.54) is 13.2 Å². The molecular weight excluding hydrogens is 552 g/mol. The van der Waals surface area contributed by atoms with E-state index in [0.717, 1.165) is 16.7 Å². The van der Waals surface area contributed by atoms with Gasteiger partial charge < -0.3 is 30.2 Å². The molecular formula is C32H30N4O7. The van der Waals surface area contributed by atoms with Gasteiger partial charge in [-0.1, -0.05) is 24.3 Å². The van der Waals surface area contributed by atoms with Crippen LogP contribution < -0.4 is 30.2 Å². The molecule has 2 amide bonds. The van der Waals surface area contributed by atoms with E-state index in [-0.39, 0.29) is 29.7 Å². The molecule has 5 rings (SSSR count). The number of anilines is 3. The summed E-state index contributed by atoms with van der Waals surface area (Å²) in [5.74, 6) is 0.993. The molecule has 0 bridgehead atoms. The minimum Gasteiger partial charge on any atom is -0.493 e. The van der Waals surface area contributed by atoms with Gasteiger partial charge in [0, 0.05) is 12.6 Å². The van der Waals surface area contributed by atoms with Crippen LogP contribution in [0.2, 0.25) is 0 Å². The average molecular weight is 583 g/mol. The van der Waals surface area contributed by atoms with E-state index in [9.17, 15) is 19.7 Å². The van der Waals surface area contributed by atoms with Crippen LogP contribution in [0.4, 0.5) is 22.7 Å². The summed E-state index contributed by atoms with van der Waals surface area (Å²) in [6.45, 7) is 0.422. The highest BCUT2D eigenvalue weighted by Crippen LogP contribution is 2.37. The van der Waals surface area contributed by atoms with Crippen molar-refractivity contribution < 1.29 is 28.7 Å². The van der Waals surface area contributed by atoms with Crippen molar-refractivity contribution in [3.05, 3.63) is 99.6 Å². The van der Waals surface area contributed by atoms with E-state index < -0.39 is 4.92 Å². The van der Waals surface area contributed by atoms with E-state index in [4.69, 9.17) is 14.2 Å². The fraction of sp³-hybridized carbons (Fsp3) is 0.188. The molecule has 0 atom stereocenters. The third-order valence-electron chi connectivity index (χ3n) is 7.14. The number of carbonyl (C=O) groups is 2. The van der Waals surface area contributed by atoms with Crippen molar-refractivity contribution in [2.75, 3.05) is 38.5 Å². The average Bonchev–Trinajstić information content (AvgIpc) is 3.15. The second kappa shape index (κ2) is 12.5. The zero-order valence-electron chi connectivity index (χ0n) is 23.9. The molecule has 0 radical (unpaired) electrons. The smallest absolute Gasteiger partial charge is 0.310 e. The number of amides is 2. The summed E-state index contributed by atoms with van der Waals surface area (Å²) in [5, 5.41) is 20.5. The molecule has 3 N–H and O–H groups in total. The molecule has 0 saturated heterocycles. The van der Waals surface area contributed by atoms with Gasteiger partial charge in [-0.25, -0.2) is 0 Å². The number of para-hydroxylation sites is 1. The molecule has 11 heteroatoms. The Labute approximate surface area is 247 Å². The van der Waals surface area contributed by atoms with E-state index in [2.05, 4.69) is 16.0 Å². The summed E-state index contributed by atoms with van der Waals surface area (Å²) in [6.07, 6.45) is 0.720. The predicted molar refractivity (Wildman–Crippen MR) is 163 cm³/mol. The normalized spacial score (nSPS) is 11.7. The maximum absolute atomic E-state index is 13.0. The molecule has 1 aliphatic rings. The topological polar surface area (TPSA) is 141 Å². The Hall–Kier alpha value is -5.58. The van der Waals surface area contributed by atoms with Crippen LogP contribution in [0.1, 0.15) is 21.5 Å². The van der Waals surface area contributed by atoms with Crippen LogP contribution >= 0.6 is 0 Å². The van der Waals surface area contributed by atoms with Crippen LogP contribution in [-0.4, -0.2) is 44.6 Å². The van der Waals surface area contributed by atoms with Crippen LogP contribution in [0.15, 0.2) is 72.8 Å². The summed E-state index contributed by atoms with van der Waals surface area (Å²) in [4.78, 5) is 36.6. The maximum Gasteiger partial charge on any atom is 0.310 e. The monoisotopic (exact) mass is 582 g/mol. The summed E-state index contributed by atoms with van der Waals surface area (Å²) in [5.41, 5.74) is 5.18. The first-order valence-corrected chi connectivity index (χ1v) is 13.5. The number of benzene rings is 4. The summed E-state index contributed by atoms with van der Waals surface area (Å²) in [7, 11) is 4.54. The van der Waals surface area contributed by atoms with Gasteiger partial charge in [-0.05, 0) is 71.1 Å². The Morgan fingerprint density at radius 3 is 2.35 bits per heavy atom. The van der Waals surface area contributed by atoms with Crippen LogP contribution in [0.25, 0.3) is 11.1 Å². The quantitative estimate of drug-likeness (QED) is 0.165. The van der Waals surface area contributed by atoms with E-state index >= 15 is 0 Å². The third-order valence-corrected chi connectivity index (χ3v) is 7.14. The van der Waals surface area contributed by atoms with Gasteiger partial charge in [-0.3, -0.25) is 19.7 Å². The predicted octanol–water partition coefficient (Wildman–Crippen LogP) is 5.50. The number of hydrogen-bond donors (Lipinski definition) is 3. The fourth-order valence-electron chi connectivity index (χ4n) is 5.02. The fourth-order valence-corrected chi connectivity index (χ4v) is 5.02. The van der Waals surface area contributed by atoms with Gasteiger partial charge in [0.25, 0.3) is 5.91 Å². The van der Waals surface area contributed by atoms with Gasteiger partial charge in [0.15, 0.2) is 17.2 Å². The van der Waals surface area contributed by atoms with Gasteiger partial charge in [-0.2, -0.15) is 0 Å². The minimum atomic E-state index is -0.502. The lowest BCUT2D eigenvalue weighted by Gasteiger charge is -2.13. The van der Waals surface area contributed by atoms with Crippen LogP contribution in [0.3, 0.4) is 0 Å². The number of carbonyl (C=O) groups excluding carboxylic acids is 2. The molecule has 0 spiro atoms. The number of hydrogen-bond acceptors (Lipinski definition) is 8. The molecule has 0 saturated carbocycles. The standard InChI is InChI=1S/C32H30N4O7/c1-41-28-6-4-5-20(31(28)43-3)13-14-33-30(37)16-19-7-11-24-26(15-19)34-25-17-21(8-10-23(25)32(38)35-24)22-9-12-27(36(39)40)29(18-22)42-2/h4-12,15,17-18,34H,13-14,16H2,1-3H3,(H,33,37)(H,35,38). The number of fused-ring (bicyclic) bond motifs is 2. The maximum atomic E-state index is 13.0. The van der Waals surface area contributed by atoms with Crippen LogP contribution in [0.5, 0.6) is 17.2 Å². The molecule has 0 fully saturated rings. The highest BCUT2D eigenvalue weighted by atomic mass is 16.6. The Kier molecular flexibility index (Phi) is 8.42. The summed E-state index contributed by atoms with van der Waals surface area (Å²) < 4.78 is 16.0. The number of nitrogens with one attached hydrogen (secondary N) is 3. The first kappa shape index (κ1) is 28.9. The second-order valence-corrected chi connectivity index (χ2v) is 9.79. The number of rotatable bonds is 10. The lowest BCUT2D eigenvalue weighted by atomic mass is 10.0. The molecule has 1 heterocycles. The lowest BCUT2D eigenvalue weighted by molar-refractivity contribution is -0.385. The SMILES string of the molecule is COc1cc(-c2ccc3c(c2)Nc2cc(CC(=O)NCCc4cccc(OC)c4OC)ccc2NC3=O)ccc1[N+](=O)[O-]. The highest BCUT2D eigenvalue weighted by Gasteiger charge is 2.21. The minimum absolute atomic E-state index is 0.135. The van der Waals surface area contributed by atoms with Crippen molar-refractivity contribution in [3.63, 3.8) is 0 Å². The second-order valence-electron chi connectivity index (χ2n) is 9.79. The first-order valence-electron chi connectivity index (χ1n) is 13.5.